The number of aromatic amines is 1. The van der Waals surface area contributed by atoms with E-state index in [1.165, 1.54) is 5.56 Å². The maximum Gasteiger partial charge on any atom is 0.410 e. The zero-order valence-corrected chi connectivity index (χ0v) is 16.5. The molecule has 1 aliphatic heterocycles. The van der Waals surface area contributed by atoms with Crippen LogP contribution in [0.25, 0.3) is 10.9 Å². The highest BCUT2D eigenvalue weighted by atomic mass is 16.6. The summed E-state index contributed by atoms with van der Waals surface area (Å²) in [4.78, 5) is 29.0. The van der Waals surface area contributed by atoms with Crippen molar-refractivity contribution in [3.05, 3.63) is 35.5 Å². The predicted octanol–water partition coefficient (Wildman–Crippen LogP) is 4.46. The smallest absolute Gasteiger partial charge is 0.410 e. The number of nitrogens with one attached hydrogen (secondary N) is 1. The number of carbonyl (C=O) groups is 2. The van der Waals surface area contributed by atoms with Crippen molar-refractivity contribution in [3.63, 3.8) is 0 Å². The van der Waals surface area contributed by atoms with Crippen LogP contribution in [0, 0.1) is 0 Å². The molecule has 6 heteroatoms. The molecule has 6 nitrogen and oxygen atoms in total. The Labute approximate surface area is 159 Å². The molecule has 0 bridgehead atoms. The third kappa shape index (κ3) is 4.62. The second kappa shape index (κ2) is 7.62. The van der Waals surface area contributed by atoms with E-state index in [2.05, 4.69) is 17.1 Å². The Morgan fingerprint density at radius 1 is 1.19 bits per heavy atom. The van der Waals surface area contributed by atoms with E-state index in [-0.39, 0.29) is 12.1 Å². The maximum absolute atomic E-state index is 12.2. The van der Waals surface area contributed by atoms with Crippen LogP contribution in [0.1, 0.15) is 62.5 Å². The lowest BCUT2D eigenvalue weighted by Crippen LogP contribution is -2.41. The van der Waals surface area contributed by atoms with Gasteiger partial charge in [0.1, 0.15) is 11.3 Å². The average molecular weight is 372 g/mol. The van der Waals surface area contributed by atoms with Gasteiger partial charge in [-0.1, -0.05) is 6.07 Å². The second-order valence-electron chi connectivity index (χ2n) is 7.99. The number of rotatable bonds is 3. The number of carbonyl (C=O) groups excluding carboxylic acids is 2. The minimum Gasteiger partial charge on any atom is -0.461 e. The van der Waals surface area contributed by atoms with Crippen LogP contribution in [-0.4, -0.2) is 47.2 Å². The van der Waals surface area contributed by atoms with Gasteiger partial charge >= 0.3 is 12.1 Å². The SMILES string of the molecule is CCOC(=O)c1cc2cc(C3CCN(C(=O)OC(C)(C)C)CC3)ccc2[nH]1. The van der Waals surface area contributed by atoms with Gasteiger partial charge in [-0.3, -0.25) is 0 Å². The van der Waals surface area contributed by atoms with Gasteiger partial charge < -0.3 is 19.4 Å². The number of nitrogens with zero attached hydrogens (tertiary/aromatic N) is 1. The van der Waals surface area contributed by atoms with E-state index in [1.807, 2.05) is 32.9 Å². The van der Waals surface area contributed by atoms with Gasteiger partial charge in [0.15, 0.2) is 0 Å². The summed E-state index contributed by atoms with van der Waals surface area (Å²) in [7, 11) is 0. The quantitative estimate of drug-likeness (QED) is 0.808. The molecule has 1 N–H and O–H groups in total. The Morgan fingerprint density at radius 3 is 2.52 bits per heavy atom. The number of ether oxygens (including phenoxy) is 2. The van der Waals surface area contributed by atoms with Gasteiger partial charge in [0, 0.05) is 24.0 Å². The number of benzene rings is 1. The van der Waals surface area contributed by atoms with Crippen LogP contribution in [0.5, 0.6) is 0 Å². The lowest BCUT2D eigenvalue weighted by molar-refractivity contribution is 0.0204. The van der Waals surface area contributed by atoms with Crippen LogP contribution in [0.15, 0.2) is 24.3 Å². The third-order valence-corrected chi connectivity index (χ3v) is 4.76. The number of fused-ring (bicyclic) bond motifs is 1. The largest absolute Gasteiger partial charge is 0.461 e. The lowest BCUT2D eigenvalue weighted by Gasteiger charge is -2.33. The highest BCUT2D eigenvalue weighted by Gasteiger charge is 2.27. The molecule has 0 radical (unpaired) electrons. The van der Waals surface area contributed by atoms with Crippen molar-refractivity contribution in [1.82, 2.24) is 9.88 Å². The van der Waals surface area contributed by atoms with Crippen molar-refractivity contribution in [3.8, 4) is 0 Å². The number of amides is 1. The topological polar surface area (TPSA) is 71.6 Å². The van der Waals surface area contributed by atoms with E-state index in [1.54, 1.807) is 11.8 Å². The molecule has 1 aliphatic rings. The highest BCUT2D eigenvalue weighted by molar-refractivity contribution is 5.95. The van der Waals surface area contributed by atoms with Gasteiger partial charge in [-0.15, -0.1) is 0 Å². The fourth-order valence-corrected chi connectivity index (χ4v) is 3.45. The first-order valence-corrected chi connectivity index (χ1v) is 9.54. The second-order valence-corrected chi connectivity index (χ2v) is 7.99. The van der Waals surface area contributed by atoms with Gasteiger partial charge in [0.25, 0.3) is 0 Å². The van der Waals surface area contributed by atoms with Crippen molar-refractivity contribution in [2.75, 3.05) is 19.7 Å². The summed E-state index contributed by atoms with van der Waals surface area (Å²) in [6, 6.07) is 8.07. The Morgan fingerprint density at radius 2 is 1.89 bits per heavy atom. The van der Waals surface area contributed by atoms with Crippen molar-refractivity contribution in [2.45, 2.75) is 52.1 Å². The number of H-pyrrole nitrogens is 1. The van der Waals surface area contributed by atoms with E-state index in [0.29, 0.717) is 31.3 Å². The third-order valence-electron chi connectivity index (χ3n) is 4.76. The minimum atomic E-state index is -0.468. The molecular weight excluding hydrogens is 344 g/mol. The molecule has 1 fully saturated rings. The summed E-state index contributed by atoms with van der Waals surface area (Å²) in [6.07, 6.45) is 1.57. The molecule has 1 amide bonds. The Kier molecular flexibility index (Phi) is 5.44. The molecule has 2 heterocycles. The van der Waals surface area contributed by atoms with Crippen LogP contribution in [0.4, 0.5) is 4.79 Å². The van der Waals surface area contributed by atoms with Crippen LogP contribution in [0.3, 0.4) is 0 Å². The molecule has 27 heavy (non-hydrogen) atoms. The van der Waals surface area contributed by atoms with Gasteiger partial charge in [0.05, 0.1) is 6.61 Å². The lowest BCUT2D eigenvalue weighted by atomic mass is 9.89. The van der Waals surface area contributed by atoms with Crippen molar-refractivity contribution >= 4 is 23.0 Å². The monoisotopic (exact) mass is 372 g/mol. The zero-order valence-electron chi connectivity index (χ0n) is 16.5. The van der Waals surface area contributed by atoms with E-state index < -0.39 is 5.60 Å². The van der Waals surface area contributed by atoms with Crippen molar-refractivity contribution < 1.29 is 19.1 Å². The number of piperidine rings is 1. The number of esters is 1. The fourth-order valence-electron chi connectivity index (χ4n) is 3.45. The van der Waals surface area contributed by atoms with E-state index in [0.717, 1.165) is 23.7 Å². The molecule has 0 unspecified atom stereocenters. The highest BCUT2D eigenvalue weighted by Crippen LogP contribution is 2.31. The first-order chi connectivity index (χ1) is 12.8. The molecule has 1 aromatic carbocycles. The first kappa shape index (κ1) is 19.3. The van der Waals surface area contributed by atoms with Crippen LogP contribution in [0.2, 0.25) is 0 Å². The van der Waals surface area contributed by atoms with Gasteiger partial charge in [-0.2, -0.15) is 0 Å². The van der Waals surface area contributed by atoms with E-state index in [9.17, 15) is 9.59 Å². The molecule has 146 valence electrons. The van der Waals surface area contributed by atoms with Gasteiger partial charge in [0.2, 0.25) is 0 Å². The molecule has 0 atom stereocenters. The number of likely N-dealkylation sites (tertiary alicyclic amines) is 1. The van der Waals surface area contributed by atoms with Gasteiger partial charge in [-0.25, -0.2) is 9.59 Å². The summed E-state index contributed by atoms with van der Waals surface area (Å²) in [5.41, 5.74) is 2.17. The molecule has 0 spiro atoms. The Bertz CT molecular complexity index is 826. The van der Waals surface area contributed by atoms with Crippen molar-refractivity contribution in [2.24, 2.45) is 0 Å². The molecule has 2 aromatic rings. The van der Waals surface area contributed by atoms with Crippen LogP contribution in [-0.2, 0) is 9.47 Å². The molecular formula is C21H28N2O4. The van der Waals surface area contributed by atoms with Gasteiger partial charge in [-0.05, 0) is 70.2 Å². The maximum atomic E-state index is 12.2. The summed E-state index contributed by atoms with van der Waals surface area (Å²) >= 11 is 0. The molecule has 1 aromatic heterocycles. The first-order valence-electron chi connectivity index (χ1n) is 9.54. The molecule has 1 saturated heterocycles. The number of hydrogen-bond acceptors (Lipinski definition) is 4. The number of aromatic nitrogens is 1. The minimum absolute atomic E-state index is 0.235. The summed E-state index contributed by atoms with van der Waals surface area (Å²) in [5.74, 6) is 0.0648. The van der Waals surface area contributed by atoms with Crippen LogP contribution < -0.4 is 0 Å². The van der Waals surface area contributed by atoms with Crippen LogP contribution >= 0.6 is 0 Å². The Hall–Kier alpha value is -2.50. The summed E-state index contributed by atoms with van der Waals surface area (Å²) in [6.45, 7) is 9.19. The van der Waals surface area contributed by atoms with E-state index in [4.69, 9.17) is 9.47 Å². The average Bonchev–Trinajstić information content (AvgIpc) is 3.04. The molecule has 0 aliphatic carbocycles. The Balaban J connectivity index is 1.66. The predicted molar refractivity (Wildman–Crippen MR) is 104 cm³/mol. The standard InChI is InChI=1S/C21H28N2O4/c1-5-26-19(24)18-13-16-12-15(6-7-17(16)22-18)14-8-10-23(11-9-14)20(25)27-21(2,3)4/h6-7,12-14,22H,5,8-11H2,1-4H3. The molecule has 3 rings (SSSR count). The normalized spacial score (nSPS) is 15.8. The zero-order chi connectivity index (χ0) is 19.6. The molecule has 0 saturated carbocycles. The van der Waals surface area contributed by atoms with Crippen molar-refractivity contribution in [1.29, 1.82) is 0 Å². The fraction of sp³-hybridized carbons (Fsp3) is 0.524. The van der Waals surface area contributed by atoms with E-state index >= 15 is 0 Å². The summed E-state index contributed by atoms with van der Waals surface area (Å²) in [5, 5.41) is 1.00. The summed E-state index contributed by atoms with van der Waals surface area (Å²) < 4.78 is 10.5. The number of hydrogen-bond donors (Lipinski definition) is 1.